The van der Waals surface area contributed by atoms with E-state index in [1.807, 2.05) is 117 Å². The normalized spacial score (nSPS) is 16.4. The number of methoxy groups -OCH3 is 1. The van der Waals surface area contributed by atoms with Crippen LogP contribution in [-0.4, -0.2) is 89.1 Å². The average molecular weight is 1010 g/mol. The zero-order valence-corrected chi connectivity index (χ0v) is 41.9. The molecule has 4 atom stereocenters. The number of rotatable bonds is 22. The van der Waals surface area contributed by atoms with Crippen molar-refractivity contribution in [2.24, 2.45) is 0 Å². The number of carbonyl (C=O) groups excluding carboxylic acids is 1. The second-order valence-electron chi connectivity index (χ2n) is 18.4. The van der Waals surface area contributed by atoms with Gasteiger partial charge in [-0.1, -0.05) is 103 Å². The number of carbonyl (C=O) groups is 1. The molecule has 1 saturated heterocycles. The van der Waals surface area contributed by atoms with E-state index >= 15 is 0 Å². The average Bonchev–Trinajstić information content (AvgIpc) is 4.01. The maximum atomic E-state index is 13.1. The van der Waals surface area contributed by atoms with E-state index in [0.29, 0.717) is 30.7 Å². The summed E-state index contributed by atoms with van der Waals surface area (Å²) in [4.78, 5) is 60.4. The predicted molar refractivity (Wildman–Crippen MR) is 274 cm³/mol. The maximum Gasteiger partial charge on any atom is 0.412 e. The van der Waals surface area contributed by atoms with E-state index in [4.69, 9.17) is 23.5 Å². The zero-order valence-electron chi connectivity index (χ0n) is 41.0. The van der Waals surface area contributed by atoms with Gasteiger partial charge in [0, 0.05) is 54.3 Å². The molecular weight excluding hydrogens is 956 g/mol. The Hall–Kier alpha value is -7.25. The van der Waals surface area contributed by atoms with Gasteiger partial charge in [-0.15, -0.1) is 0 Å². The van der Waals surface area contributed by atoms with E-state index in [0.717, 1.165) is 27.8 Å². The first kappa shape index (κ1) is 52.1. The third kappa shape index (κ3) is 11.8. The van der Waals surface area contributed by atoms with Crippen LogP contribution in [-0.2, 0) is 37.2 Å². The molecule has 19 nitrogen and oxygen atoms in total. The largest absolute Gasteiger partial charge is 0.496 e. The summed E-state index contributed by atoms with van der Waals surface area (Å²) in [7, 11) is -0.668. The Kier molecular flexibility index (Phi) is 16.5. The lowest BCUT2D eigenvalue weighted by atomic mass is 9.79. The first-order chi connectivity index (χ1) is 35.2. The summed E-state index contributed by atoms with van der Waals surface area (Å²) in [5.74, 6) is 0.705. The molecule has 1 aliphatic heterocycles. The number of amides is 1. The molecule has 1 aliphatic rings. The molecular formula is C53H57N8O11P. The second-order valence-corrected chi connectivity index (χ2v) is 19.5. The SMILES string of the molecule is COc1ccccc1C(OC[C@@H]1C[C@@H](OP(O)N(C(C)C)C(C)(C)CCc2ccc([N+](=O)[O-])cc2)[C@H](n2cnc3c(NC(=O)OCCc4ccc([N+](=O)[O-])cc4)ncnc32)O1)(c1ccccc1)c1ccccc1. The summed E-state index contributed by atoms with van der Waals surface area (Å²) in [5, 5.41) is 25.0. The minimum absolute atomic E-state index is 0.0109. The Balaban J connectivity index is 1.08. The van der Waals surface area contributed by atoms with Crippen LogP contribution in [0, 0.1) is 20.2 Å². The van der Waals surface area contributed by atoms with Crippen molar-refractivity contribution in [2.75, 3.05) is 25.6 Å². The molecule has 2 N–H and O–H groups in total. The molecule has 0 saturated carbocycles. The van der Waals surface area contributed by atoms with Gasteiger partial charge in [0.1, 0.15) is 23.8 Å². The summed E-state index contributed by atoms with van der Waals surface area (Å²) in [6, 6.07) is 39.9. The molecule has 1 amide bonds. The Morgan fingerprint density at radius 1 is 0.849 bits per heavy atom. The van der Waals surface area contributed by atoms with Crippen LogP contribution in [0.3, 0.4) is 0 Å². The molecule has 2 aromatic heterocycles. The van der Waals surface area contributed by atoms with Gasteiger partial charge in [-0.25, -0.2) is 24.4 Å². The van der Waals surface area contributed by atoms with Crippen molar-refractivity contribution in [3.63, 3.8) is 0 Å². The van der Waals surface area contributed by atoms with E-state index < -0.39 is 54.0 Å². The van der Waals surface area contributed by atoms with E-state index in [1.165, 1.54) is 36.9 Å². The number of benzene rings is 5. The number of non-ortho nitro benzene ring substituents is 2. The first-order valence-corrected chi connectivity index (χ1v) is 24.9. The molecule has 0 spiro atoms. The number of hydrogen-bond donors (Lipinski definition) is 2. The van der Waals surface area contributed by atoms with Crippen LogP contribution in [0.25, 0.3) is 11.2 Å². The summed E-state index contributed by atoms with van der Waals surface area (Å²) in [6.45, 7) is 8.09. The maximum absolute atomic E-state index is 13.1. The lowest BCUT2D eigenvalue weighted by Gasteiger charge is -2.43. The van der Waals surface area contributed by atoms with Crippen molar-refractivity contribution in [1.82, 2.24) is 24.2 Å². The molecule has 1 unspecified atom stereocenters. The van der Waals surface area contributed by atoms with Gasteiger partial charge in [-0.3, -0.25) is 30.1 Å². The fourth-order valence-electron chi connectivity index (χ4n) is 9.34. The fourth-order valence-corrected chi connectivity index (χ4v) is 10.8. The molecule has 8 rings (SSSR count). The fraction of sp³-hybridized carbons (Fsp3) is 0.321. The van der Waals surface area contributed by atoms with Gasteiger partial charge < -0.3 is 28.4 Å². The molecule has 380 valence electrons. The number of anilines is 1. The Morgan fingerprint density at radius 3 is 2.03 bits per heavy atom. The molecule has 0 bridgehead atoms. The van der Waals surface area contributed by atoms with E-state index in [9.17, 15) is 29.9 Å². The van der Waals surface area contributed by atoms with E-state index in [-0.39, 0.29) is 48.4 Å². The summed E-state index contributed by atoms with van der Waals surface area (Å²) in [5.41, 5.74) is 2.90. The topological polar surface area (TPSA) is 229 Å². The highest BCUT2D eigenvalue weighted by Gasteiger charge is 2.46. The van der Waals surface area contributed by atoms with Crippen LogP contribution in [0.2, 0.25) is 0 Å². The number of aromatic nitrogens is 4. The summed E-state index contributed by atoms with van der Waals surface area (Å²) in [6.07, 6.45) is 1.45. The van der Waals surface area contributed by atoms with Crippen molar-refractivity contribution >= 4 is 43.0 Å². The smallest absolute Gasteiger partial charge is 0.412 e. The minimum atomic E-state index is -2.30. The standard InChI is InChI=1S/C53H57N8O11P/c1-36(2)59(52(3,4)30-28-37-20-24-41(25-21-37)60(63)64)73(67)72-46-32-43(33-70-53(39-14-8-6-9-15-39,40-16-10-7-11-17-40)44-18-12-13-19-45(44)68-5)71-50(46)58-35-56-47-48(54-34-55-49(47)58)57-51(62)69-31-29-38-22-26-42(27-23-38)61(65)66/h6-27,34-36,43,46,50,67H,28-33H2,1-5H3,(H,54,55,57,62)/t43-,46+,50+,73?/m0/s1. The Morgan fingerprint density at radius 2 is 1.44 bits per heavy atom. The van der Waals surface area contributed by atoms with Crippen molar-refractivity contribution in [2.45, 2.75) is 89.0 Å². The first-order valence-electron chi connectivity index (χ1n) is 23.8. The molecule has 5 aromatic carbocycles. The lowest BCUT2D eigenvalue weighted by Crippen LogP contribution is -2.45. The van der Waals surface area contributed by atoms with Gasteiger partial charge in [0.05, 0.1) is 42.6 Å². The van der Waals surface area contributed by atoms with E-state index in [1.54, 1.807) is 35.9 Å². The molecule has 0 radical (unpaired) electrons. The number of fused-ring (bicyclic) bond motifs is 1. The van der Waals surface area contributed by atoms with Crippen LogP contribution in [0.4, 0.5) is 22.0 Å². The number of ether oxygens (including phenoxy) is 4. The third-order valence-electron chi connectivity index (χ3n) is 12.8. The predicted octanol–water partition coefficient (Wildman–Crippen LogP) is 10.5. The Labute approximate surface area is 423 Å². The molecule has 1 fully saturated rings. The lowest BCUT2D eigenvalue weighted by molar-refractivity contribution is -0.385. The summed E-state index contributed by atoms with van der Waals surface area (Å²) >= 11 is 0. The van der Waals surface area contributed by atoms with Crippen molar-refractivity contribution in [3.05, 3.63) is 194 Å². The van der Waals surface area contributed by atoms with Gasteiger partial charge in [-0.2, -0.15) is 0 Å². The minimum Gasteiger partial charge on any atom is -0.496 e. The summed E-state index contributed by atoms with van der Waals surface area (Å²) < 4.78 is 36.1. The number of nitro benzene ring substituents is 2. The van der Waals surface area contributed by atoms with Gasteiger partial charge in [0.2, 0.25) is 0 Å². The van der Waals surface area contributed by atoms with Crippen LogP contribution in [0.15, 0.2) is 146 Å². The highest BCUT2D eigenvalue weighted by molar-refractivity contribution is 7.43. The quantitative estimate of drug-likeness (QED) is 0.0278. The monoisotopic (exact) mass is 1010 g/mol. The molecule has 3 heterocycles. The number of imidazole rings is 1. The third-order valence-corrected chi connectivity index (χ3v) is 14.6. The molecule has 20 heteroatoms. The number of aryl methyl sites for hydroxylation is 1. The second kappa shape index (κ2) is 23.1. The van der Waals surface area contributed by atoms with Crippen LogP contribution in [0.5, 0.6) is 5.75 Å². The molecule has 7 aromatic rings. The number of nitro groups is 2. The highest BCUT2D eigenvalue weighted by atomic mass is 31.2. The number of nitrogens with one attached hydrogen (secondary N) is 1. The number of nitrogens with zero attached hydrogens (tertiary/aromatic N) is 7. The van der Waals surface area contributed by atoms with Gasteiger partial charge in [-0.05, 0) is 68.9 Å². The zero-order chi connectivity index (χ0) is 51.7. The molecule has 73 heavy (non-hydrogen) atoms. The van der Waals surface area contributed by atoms with Crippen molar-refractivity contribution in [3.8, 4) is 5.75 Å². The Bertz CT molecular complexity index is 2940. The number of hydrogen-bond acceptors (Lipinski definition) is 15. The van der Waals surface area contributed by atoms with E-state index in [2.05, 4.69) is 20.3 Å². The number of para-hydroxylation sites is 1. The highest BCUT2D eigenvalue weighted by Crippen LogP contribution is 2.51. The van der Waals surface area contributed by atoms with Gasteiger partial charge in [0.25, 0.3) is 19.9 Å². The van der Waals surface area contributed by atoms with Gasteiger partial charge in [0.15, 0.2) is 23.2 Å². The van der Waals surface area contributed by atoms with Crippen LogP contribution in [0.1, 0.15) is 74.6 Å². The van der Waals surface area contributed by atoms with Crippen molar-refractivity contribution < 1.29 is 43.0 Å². The van der Waals surface area contributed by atoms with Crippen LogP contribution >= 0.6 is 8.53 Å². The van der Waals surface area contributed by atoms with Gasteiger partial charge >= 0.3 is 6.09 Å². The van der Waals surface area contributed by atoms with Crippen LogP contribution < -0.4 is 10.1 Å². The van der Waals surface area contributed by atoms with Crippen molar-refractivity contribution in [1.29, 1.82) is 0 Å². The molecule has 0 aliphatic carbocycles.